The molecule has 1 fully saturated rings. The maximum atomic E-state index is 11.8. The number of ether oxygens (including phenoxy) is 1. The zero-order chi connectivity index (χ0) is 13.8. The molecule has 112 valence electrons. The first kappa shape index (κ1) is 17.8. The van der Waals surface area contributed by atoms with Gasteiger partial charge in [-0.25, -0.2) is 4.79 Å². The molecule has 7 heteroatoms. The molecule has 1 saturated heterocycles. The van der Waals surface area contributed by atoms with E-state index in [0.717, 1.165) is 32.5 Å². The minimum atomic E-state index is -0.432. The zero-order valence-electron chi connectivity index (χ0n) is 11.9. The minimum Gasteiger partial charge on any atom is -1.00 e. The molecule has 0 aromatic carbocycles. The molecule has 1 rings (SSSR count). The van der Waals surface area contributed by atoms with E-state index in [1.165, 1.54) is 0 Å². The van der Waals surface area contributed by atoms with Crippen LogP contribution in [0, 0.1) is 5.92 Å². The topological polar surface area (TPSA) is 95.5 Å². The molecule has 0 bridgehead atoms. The number of piperidine rings is 1. The molecule has 1 amide bonds. The van der Waals surface area contributed by atoms with Gasteiger partial charge < -0.3 is 22.0 Å². The highest BCUT2D eigenvalue weighted by atomic mass is 35.5. The van der Waals surface area contributed by atoms with Crippen molar-refractivity contribution >= 4 is 12.1 Å². The Morgan fingerprint density at radius 3 is 2.26 bits per heavy atom. The molecule has 5 N–H and O–H groups in total. The second kappa shape index (κ2) is 7.43. The molecule has 6 nitrogen and oxygen atoms in total. The van der Waals surface area contributed by atoms with Gasteiger partial charge in [0.2, 0.25) is 0 Å². The third-order valence-electron chi connectivity index (χ3n) is 2.86. The fourth-order valence-electron chi connectivity index (χ4n) is 1.91. The van der Waals surface area contributed by atoms with Crippen LogP contribution in [-0.4, -0.2) is 42.2 Å². The predicted molar refractivity (Wildman–Crippen MR) is 69.7 cm³/mol. The highest BCUT2D eigenvalue weighted by Crippen LogP contribution is 2.18. The number of hydrogen-bond donors (Lipinski definition) is 3. The van der Waals surface area contributed by atoms with E-state index < -0.39 is 5.60 Å². The average Bonchev–Trinajstić information content (AvgIpc) is 2.24. The summed E-state index contributed by atoms with van der Waals surface area (Å²) >= 11 is 0. The third kappa shape index (κ3) is 7.10. The second-order valence-electron chi connectivity index (χ2n) is 5.75. The van der Waals surface area contributed by atoms with Crippen molar-refractivity contribution in [1.82, 2.24) is 4.90 Å². The maximum absolute atomic E-state index is 11.8. The van der Waals surface area contributed by atoms with Crippen molar-refractivity contribution < 1.29 is 26.9 Å². The predicted octanol–water partition coefficient (Wildman–Crippen LogP) is -4.01. The van der Waals surface area contributed by atoms with Gasteiger partial charge in [0, 0.05) is 13.1 Å². The lowest BCUT2D eigenvalue weighted by Gasteiger charge is -2.32. The molecular formula is C12H25ClN4O2. The van der Waals surface area contributed by atoms with Crippen molar-refractivity contribution in [3.63, 3.8) is 0 Å². The van der Waals surface area contributed by atoms with Crippen molar-refractivity contribution in [2.45, 2.75) is 39.2 Å². The molecule has 0 unspecified atom stereocenters. The van der Waals surface area contributed by atoms with Crippen molar-refractivity contribution in [2.24, 2.45) is 17.4 Å². The van der Waals surface area contributed by atoms with Gasteiger partial charge in [0.1, 0.15) is 5.60 Å². The maximum Gasteiger partial charge on any atom is 0.410 e. The van der Waals surface area contributed by atoms with Crippen LogP contribution >= 0.6 is 0 Å². The van der Waals surface area contributed by atoms with E-state index in [1.54, 1.807) is 4.90 Å². The first-order chi connectivity index (χ1) is 8.28. The Morgan fingerprint density at radius 2 is 1.84 bits per heavy atom. The molecule has 0 aliphatic carbocycles. The molecule has 0 aromatic rings. The van der Waals surface area contributed by atoms with Crippen LogP contribution in [0.15, 0.2) is 0 Å². The molecule has 19 heavy (non-hydrogen) atoms. The number of carbonyl (C=O) groups excluding carboxylic acids is 1. The van der Waals surface area contributed by atoms with Gasteiger partial charge in [0.05, 0.1) is 6.54 Å². The monoisotopic (exact) mass is 292 g/mol. The molecule has 0 radical (unpaired) electrons. The number of amides is 1. The van der Waals surface area contributed by atoms with Crippen molar-refractivity contribution in [3.8, 4) is 0 Å². The zero-order valence-corrected chi connectivity index (χ0v) is 12.7. The van der Waals surface area contributed by atoms with E-state index in [9.17, 15) is 4.79 Å². The molecule has 1 aliphatic rings. The van der Waals surface area contributed by atoms with Gasteiger partial charge in [-0.1, -0.05) is 0 Å². The number of halogens is 1. The van der Waals surface area contributed by atoms with Crippen LogP contribution in [0.4, 0.5) is 4.79 Å². The van der Waals surface area contributed by atoms with Gasteiger partial charge in [-0.05, 0) is 39.5 Å². The van der Waals surface area contributed by atoms with Crippen LogP contribution in [0.3, 0.4) is 0 Å². The van der Waals surface area contributed by atoms with Gasteiger partial charge in [-0.15, -0.1) is 0 Å². The van der Waals surface area contributed by atoms with E-state index >= 15 is 0 Å². The SMILES string of the molecule is CC(C)(C)OC(=O)N1CCC(C[NH+]=C(N)N)CC1.[Cl-]. The summed E-state index contributed by atoms with van der Waals surface area (Å²) < 4.78 is 5.34. The van der Waals surface area contributed by atoms with E-state index in [-0.39, 0.29) is 24.5 Å². The summed E-state index contributed by atoms with van der Waals surface area (Å²) in [5, 5.41) is 0. The average molecular weight is 293 g/mol. The smallest absolute Gasteiger partial charge is 0.410 e. The molecule has 0 atom stereocenters. The van der Waals surface area contributed by atoms with Crippen molar-refractivity contribution in [2.75, 3.05) is 19.6 Å². The number of nitrogens with two attached hydrogens (primary N) is 2. The molecule has 1 heterocycles. The van der Waals surface area contributed by atoms with E-state index in [4.69, 9.17) is 16.2 Å². The largest absolute Gasteiger partial charge is 1.00 e. The van der Waals surface area contributed by atoms with Crippen LogP contribution in [0.2, 0.25) is 0 Å². The molecule has 0 saturated carbocycles. The Bertz CT molecular complexity index is 316. The van der Waals surface area contributed by atoms with E-state index in [1.807, 2.05) is 20.8 Å². The van der Waals surface area contributed by atoms with Crippen LogP contribution in [-0.2, 0) is 4.74 Å². The van der Waals surface area contributed by atoms with Gasteiger partial charge in [0.15, 0.2) is 0 Å². The molecular weight excluding hydrogens is 268 g/mol. The number of nitrogens with one attached hydrogen (secondary N) is 1. The summed E-state index contributed by atoms with van der Waals surface area (Å²) in [7, 11) is 0. The van der Waals surface area contributed by atoms with Crippen LogP contribution in [0.25, 0.3) is 0 Å². The third-order valence-corrected chi connectivity index (χ3v) is 2.86. The Labute approximate surface area is 121 Å². The summed E-state index contributed by atoms with van der Waals surface area (Å²) in [5.74, 6) is 0.760. The molecule has 0 spiro atoms. The quantitative estimate of drug-likeness (QED) is 0.357. The summed E-state index contributed by atoms with van der Waals surface area (Å²) in [6.45, 7) is 7.85. The van der Waals surface area contributed by atoms with E-state index in [2.05, 4.69) is 4.99 Å². The Kier molecular flexibility index (Phi) is 6.97. The molecule has 1 aliphatic heterocycles. The van der Waals surface area contributed by atoms with Gasteiger partial charge in [0.25, 0.3) is 0 Å². The van der Waals surface area contributed by atoms with Gasteiger partial charge >= 0.3 is 12.1 Å². The molecule has 0 aromatic heterocycles. The fraction of sp³-hybridized carbons (Fsp3) is 0.833. The number of rotatable bonds is 2. The number of carbonyl (C=O) groups is 1. The Balaban J connectivity index is 0.00000324. The first-order valence-corrected chi connectivity index (χ1v) is 6.37. The lowest BCUT2D eigenvalue weighted by Crippen LogP contribution is -3.00. The lowest BCUT2D eigenvalue weighted by atomic mass is 9.97. The standard InChI is InChI=1S/C12H24N4O2.ClH/c1-12(2,3)18-11(17)16-6-4-9(5-7-16)8-15-10(13)14;/h9H,4-8H2,1-3H3,(H4,13,14,15);1H. The lowest BCUT2D eigenvalue weighted by molar-refractivity contribution is -0.469. The number of likely N-dealkylation sites (tertiary alicyclic amines) is 1. The number of nitrogens with zero attached hydrogens (tertiary/aromatic N) is 1. The van der Waals surface area contributed by atoms with Gasteiger partial charge in [-0.2, -0.15) is 0 Å². The summed E-state index contributed by atoms with van der Waals surface area (Å²) in [4.78, 5) is 16.5. The Morgan fingerprint density at radius 1 is 1.32 bits per heavy atom. The van der Waals surface area contributed by atoms with Crippen molar-refractivity contribution in [1.29, 1.82) is 0 Å². The summed E-state index contributed by atoms with van der Waals surface area (Å²) in [6, 6.07) is 0. The highest BCUT2D eigenvalue weighted by Gasteiger charge is 2.26. The van der Waals surface area contributed by atoms with Crippen LogP contribution in [0.5, 0.6) is 0 Å². The van der Waals surface area contributed by atoms with Crippen LogP contribution < -0.4 is 28.9 Å². The van der Waals surface area contributed by atoms with Crippen molar-refractivity contribution in [3.05, 3.63) is 0 Å². The van der Waals surface area contributed by atoms with Crippen LogP contribution in [0.1, 0.15) is 33.6 Å². The second-order valence-corrected chi connectivity index (χ2v) is 5.75. The first-order valence-electron chi connectivity index (χ1n) is 6.37. The fourth-order valence-corrected chi connectivity index (χ4v) is 1.91. The minimum absolute atomic E-state index is 0. The number of guanidine groups is 1. The Hall–Kier alpha value is -1.17. The number of hydrogen-bond acceptors (Lipinski definition) is 2. The summed E-state index contributed by atoms with van der Waals surface area (Å²) in [5.41, 5.74) is 10.3. The van der Waals surface area contributed by atoms with E-state index in [0.29, 0.717) is 5.92 Å². The normalized spacial score (nSPS) is 16.5. The highest BCUT2D eigenvalue weighted by molar-refractivity contribution is 5.69. The van der Waals surface area contributed by atoms with Gasteiger partial charge in [-0.3, -0.25) is 16.5 Å². The summed E-state index contributed by atoms with van der Waals surface area (Å²) in [6.07, 6.45) is 1.66.